The van der Waals surface area contributed by atoms with Gasteiger partial charge in [-0.1, -0.05) is 13.8 Å². The number of H-pyrrole nitrogens is 1. The van der Waals surface area contributed by atoms with Crippen LogP contribution in [0, 0.1) is 11.3 Å². The minimum Gasteiger partial charge on any atom is -0.348 e. The number of rotatable bonds is 4. The Hall–Kier alpha value is -0.830. The van der Waals surface area contributed by atoms with Crippen molar-refractivity contribution in [3.8, 4) is 0 Å². The molecule has 1 aromatic rings. The van der Waals surface area contributed by atoms with E-state index in [4.69, 9.17) is 0 Å². The fourth-order valence-electron chi connectivity index (χ4n) is 2.45. The van der Waals surface area contributed by atoms with Crippen LogP contribution in [0.1, 0.15) is 45.4 Å². The molecule has 0 spiro atoms. The molecule has 1 aromatic heterocycles. The third-order valence-electron chi connectivity index (χ3n) is 3.74. The Labute approximate surface area is 98.1 Å². The molecule has 0 aromatic carbocycles. The molecule has 2 N–H and O–H groups in total. The second kappa shape index (κ2) is 5.00. The molecule has 0 bridgehead atoms. The molecule has 2 rings (SSSR count). The molecule has 1 aliphatic carbocycles. The van der Waals surface area contributed by atoms with E-state index in [1.165, 1.54) is 25.7 Å². The molecule has 0 unspecified atom stereocenters. The van der Waals surface area contributed by atoms with Crippen molar-refractivity contribution in [2.45, 2.75) is 46.1 Å². The monoisotopic (exact) mass is 221 g/mol. The van der Waals surface area contributed by atoms with Crippen LogP contribution in [0.2, 0.25) is 0 Å². The molecule has 90 valence electrons. The summed E-state index contributed by atoms with van der Waals surface area (Å²) in [5.74, 6) is 1.90. The van der Waals surface area contributed by atoms with Crippen LogP contribution in [0.5, 0.6) is 0 Å². The highest BCUT2D eigenvalue weighted by Gasteiger charge is 2.26. The first kappa shape index (κ1) is 11.6. The van der Waals surface area contributed by atoms with Gasteiger partial charge in [0, 0.05) is 12.4 Å². The Balaban J connectivity index is 1.64. The Bertz CT molecular complexity index is 293. The summed E-state index contributed by atoms with van der Waals surface area (Å²) >= 11 is 0. The molecule has 0 saturated heterocycles. The van der Waals surface area contributed by atoms with Gasteiger partial charge in [0.2, 0.25) is 0 Å². The number of aromatic amines is 1. The van der Waals surface area contributed by atoms with E-state index in [-0.39, 0.29) is 0 Å². The Kier molecular flexibility index (Phi) is 3.64. The smallest absolute Gasteiger partial charge is 0.120 e. The van der Waals surface area contributed by atoms with Gasteiger partial charge in [-0.15, -0.1) is 0 Å². The fourth-order valence-corrected chi connectivity index (χ4v) is 2.45. The summed E-state index contributed by atoms with van der Waals surface area (Å²) in [7, 11) is 0. The first-order chi connectivity index (χ1) is 7.66. The van der Waals surface area contributed by atoms with E-state index in [1.807, 2.05) is 6.20 Å². The van der Waals surface area contributed by atoms with Crippen molar-refractivity contribution in [3.05, 3.63) is 18.2 Å². The van der Waals surface area contributed by atoms with Crippen LogP contribution in [0.25, 0.3) is 0 Å². The van der Waals surface area contributed by atoms with Gasteiger partial charge in [0.25, 0.3) is 0 Å². The number of nitrogens with one attached hydrogen (secondary N) is 2. The van der Waals surface area contributed by atoms with Crippen molar-refractivity contribution >= 4 is 0 Å². The maximum absolute atomic E-state index is 4.20. The largest absolute Gasteiger partial charge is 0.348 e. The summed E-state index contributed by atoms with van der Waals surface area (Å²) in [6, 6.07) is 0. The van der Waals surface area contributed by atoms with Gasteiger partial charge in [-0.25, -0.2) is 4.98 Å². The number of nitrogens with zero attached hydrogens (tertiary/aromatic N) is 1. The molecule has 0 radical (unpaired) electrons. The normalized spacial score (nSPS) is 21.1. The van der Waals surface area contributed by atoms with E-state index in [2.05, 4.69) is 29.1 Å². The number of imidazole rings is 1. The minimum absolute atomic E-state index is 0.581. The molecule has 0 amide bonds. The molecule has 1 aliphatic rings. The molecule has 3 heteroatoms. The molecule has 3 nitrogen and oxygen atoms in total. The summed E-state index contributed by atoms with van der Waals surface area (Å²) in [5.41, 5.74) is 0.581. The predicted molar refractivity (Wildman–Crippen MR) is 66.0 cm³/mol. The van der Waals surface area contributed by atoms with Gasteiger partial charge in [-0.2, -0.15) is 0 Å². The molecule has 16 heavy (non-hydrogen) atoms. The van der Waals surface area contributed by atoms with Crippen LogP contribution >= 0.6 is 0 Å². The van der Waals surface area contributed by atoms with E-state index >= 15 is 0 Å². The van der Waals surface area contributed by atoms with Crippen molar-refractivity contribution in [1.29, 1.82) is 0 Å². The van der Waals surface area contributed by atoms with Crippen LogP contribution in [0.4, 0.5) is 0 Å². The molecule has 0 atom stereocenters. The Morgan fingerprint density at radius 3 is 2.81 bits per heavy atom. The highest BCUT2D eigenvalue weighted by Crippen LogP contribution is 2.37. The molecule has 0 aliphatic heterocycles. The molecular formula is C13H23N3. The van der Waals surface area contributed by atoms with Crippen molar-refractivity contribution in [1.82, 2.24) is 15.3 Å². The second-order valence-corrected chi connectivity index (χ2v) is 5.77. The van der Waals surface area contributed by atoms with Gasteiger partial charge < -0.3 is 10.3 Å². The van der Waals surface area contributed by atoms with Gasteiger partial charge in [-0.3, -0.25) is 0 Å². The lowest BCUT2D eigenvalue weighted by Crippen LogP contribution is -2.29. The van der Waals surface area contributed by atoms with E-state index in [1.54, 1.807) is 6.20 Å². The average Bonchev–Trinajstić information content (AvgIpc) is 2.73. The lowest BCUT2D eigenvalue weighted by molar-refractivity contribution is 0.188. The van der Waals surface area contributed by atoms with Crippen LogP contribution in [-0.4, -0.2) is 16.5 Å². The summed E-state index contributed by atoms with van der Waals surface area (Å²) in [4.78, 5) is 7.32. The summed E-state index contributed by atoms with van der Waals surface area (Å²) < 4.78 is 0. The molecule has 1 saturated carbocycles. The average molecular weight is 221 g/mol. The van der Waals surface area contributed by atoms with Crippen molar-refractivity contribution in [2.75, 3.05) is 6.54 Å². The minimum atomic E-state index is 0.581. The summed E-state index contributed by atoms with van der Waals surface area (Å²) in [5, 5.41) is 3.49. The third kappa shape index (κ3) is 3.34. The standard InChI is InChI=1S/C13H23N3/c1-13(2)5-3-11(4-6-13)9-14-10-12-15-7-8-16-12/h7-8,11,14H,3-6,9-10H2,1-2H3,(H,15,16). The van der Waals surface area contributed by atoms with Gasteiger partial charge >= 0.3 is 0 Å². The maximum Gasteiger partial charge on any atom is 0.120 e. The van der Waals surface area contributed by atoms with E-state index in [0.717, 1.165) is 24.8 Å². The first-order valence-corrected chi connectivity index (χ1v) is 6.35. The Morgan fingerprint density at radius 1 is 1.44 bits per heavy atom. The number of hydrogen-bond donors (Lipinski definition) is 2. The lowest BCUT2D eigenvalue weighted by atomic mass is 9.73. The zero-order valence-corrected chi connectivity index (χ0v) is 10.4. The lowest BCUT2D eigenvalue weighted by Gasteiger charge is -2.34. The number of aromatic nitrogens is 2. The van der Waals surface area contributed by atoms with Gasteiger partial charge in [-0.05, 0) is 43.6 Å². The zero-order valence-electron chi connectivity index (χ0n) is 10.4. The Morgan fingerprint density at radius 2 is 2.19 bits per heavy atom. The van der Waals surface area contributed by atoms with E-state index in [0.29, 0.717) is 5.41 Å². The van der Waals surface area contributed by atoms with Gasteiger partial charge in [0.05, 0.1) is 6.54 Å². The predicted octanol–water partition coefficient (Wildman–Crippen LogP) is 2.72. The van der Waals surface area contributed by atoms with Crippen LogP contribution < -0.4 is 5.32 Å². The van der Waals surface area contributed by atoms with Crippen molar-refractivity contribution in [3.63, 3.8) is 0 Å². The van der Waals surface area contributed by atoms with E-state index < -0.39 is 0 Å². The van der Waals surface area contributed by atoms with E-state index in [9.17, 15) is 0 Å². The second-order valence-electron chi connectivity index (χ2n) is 5.77. The first-order valence-electron chi connectivity index (χ1n) is 6.35. The third-order valence-corrected chi connectivity index (χ3v) is 3.74. The van der Waals surface area contributed by atoms with Gasteiger partial charge in [0.15, 0.2) is 0 Å². The molecular weight excluding hydrogens is 198 g/mol. The highest BCUT2D eigenvalue weighted by atomic mass is 15.0. The van der Waals surface area contributed by atoms with Crippen LogP contribution in [-0.2, 0) is 6.54 Å². The van der Waals surface area contributed by atoms with Gasteiger partial charge in [0.1, 0.15) is 5.82 Å². The SMILES string of the molecule is CC1(C)CCC(CNCc2ncc[nH]2)CC1. The highest BCUT2D eigenvalue weighted by molar-refractivity contribution is 4.86. The van der Waals surface area contributed by atoms with Crippen molar-refractivity contribution < 1.29 is 0 Å². The quantitative estimate of drug-likeness (QED) is 0.820. The van der Waals surface area contributed by atoms with Crippen LogP contribution in [0.15, 0.2) is 12.4 Å². The summed E-state index contributed by atoms with van der Waals surface area (Å²) in [6.45, 7) is 6.78. The zero-order chi connectivity index (χ0) is 11.4. The molecule has 1 heterocycles. The summed E-state index contributed by atoms with van der Waals surface area (Å²) in [6.07, 6.45) is 9.18. The van der Waals surface area contributed by atoms with Crippen molar-refractivity contribution in [2.24, 2.45) is 11.3 Å². The topological polar surface area (TPSA) is 40.7 Å². The van der Waals surface area contributed by atoms with Crippen LogP contribution in [0.3, 0.4) is 0 Å². The molecule has 1 fully saturated rings. The maximum atomic E-state index is 4.20. The fraction of sp³-hybridized carbons (Fsp3) is 0.769. The number of hydrogen-bond acceptors (Lipinski definition) is 2.